The third kappa shape index (κ3) is 5.04. The summed E-state index contributed by atoms with van der Waals surface area (Å²) in [4.78, 5) is 12.7. The SMILES string of the molecule is CCOC(=O)C1=C(C)OC(N)=C(C#N)C1c1ccc(OC)c(OCc2ccc(F)cc2Cl)c1. The van der Waals surface area contributed by atoms with Crippen LogP contribution in [0.25, 0.3) is 0 Å². The van der Waals surface area contributed by atoms with Gasteiger partial charge in [-0.15, -0.1) is 0 Å². The second kappa shape index (κ2) is 10.3. The summed E-state index contributed by atoms with van der Waals surface area (Å²) in [5, 5.41) is 9.96. The number of nitriles is 1. The molecule has 0 aliphatic carbocycles. The number of benzene rings is 2. The molecule has 7 nitrogen and oxygen atoms in total. The molecule has 0 radical (unpaired) electrons. The van der Waals surface area contributed by atoms with Gasteiger partial charge in [-0.3, -0.25) is 0 Å². The minimum atomic E-state index is -0.828. The summed E-state index contributed by atoms with van der Waals surface area (Å²) < 4.78 is 35.3. The van der Waals surface area contributed by atoms with Crippen molar-refractivity contribution in [2.24, 2.45) is 5.73 Å². The van der Waals surface area contributed by atoms with Gasteiger partial charge in [0.15, 0.2) is 11.5 Å². The summed E-state index contributed by atoms with van der Waals surface area (Å²) in [6.07, 6.45) is 0. The van der Waals surface area contributed by atoms with Gasteiger partial charge in [0.1, 0.15) is 29.8 Å². The number of ether oxygens (including phenoxy) is 4. The number of halogens is 2. The number of nitrogens with two attached hydrogens (primary N) is 1. The van der Waals surface area contributed by atoms with Gasteiger partial charge in [-0.05, 0) is 43.7 Å². The molecule has 1 aliphatic rings. The maximum Gasteiger partial charge on any atom is 0.338 e. The monoisotopic (exact) mass is 472 g/mol. The minimum Gasteiger partial charge on any atom is -0.493 e. The number of carbonyl (C=O) groups excluding carboxylic acids is 1. The molecular weight excluding hydrogens is 451 g/mol. The predicted octanol–water partition coefficient (Wildman–Crippen LogP) is 4.71. The van der Waals surface area contributed by atoms with Crippen LogP contribution < -0.4 is 15.2 Å². The lowest BCUT2D eigenvalue weighted by Gasteiger charge is -2.27. The summed E-state index contributed by atoms with van der Waals surface area (Å²) in [7, 11) is 1.48. The van der Waals surface area contributed by atoms with E-state index in [4.69, 9.17) is 36.3 Å². The van der Waals surface area contributed by atoms with Gasteiger partial charge in [-0.1, -0.05) is 23.7 Å². The van der Waals surface area contributed by atoms with Crippen molar-refractivity contribution in [3.8, 4) is 17.6 Å². The van der Waals surface area contributed by atoms with Gasteiger partial charge in [-0.2, -0.15) is 5.26 Å². The summed E-state index contributed by atoms with van der Waals surface area (Å²) in [6, 6.07) is 11.0. The Kier molecular flexibility index (Phi) is 7.46. The van der Waals surface area contributed by atoms with Crippen LogP contribution in [0.1, 0.15) is 30.9 Å². The van der Waals surface area contributed by atoms with Crippen molar-refractivity contribution in [3.05, 3.63) is 81.2 Å². The lowest BCUT2D eigenvalue weighted by atomic mass is 9.83. The zero-order valence-electron chi connectivity index (χ0n) is 18.3. The quantitative estimate of drug-likeness (QED) is 0.582. The number of methoxy groups -OCH3 is 1. The first kappa shape index (κ1) is 24.0. The minimum absolute atomic E-state index is 0.0371. The number of esters is 1. The second-order valence-electron chi connectivity index (χ2n) is 7.05. The number of nitrogens with zero attached hydrogens (tertiary/aromatic N) is 1. The van der Waals surface area contributed by atoms with Crippen LogP contribution in [0.15, 0.2) is 59.2 Å². The number of carbonyl (C=O) groups is 1. The molecular formula is C24H22ClFN2O5. The fourth-order valence-corrected chi connectivity index (χ4v) is 3.69. The molecule has 2 N–H and O–H groups in total. The molecule has 1 unspecified atom stereocenters. The van der Waals surface area contributed by atoms with E-state index in [-0.39, 0.29) is 41.0 Å². The number of rotatable bonds is 7. The molecule has 1 aliphatic heterocycles. The first-order chi connectivity index (χ1) is 15.8. The van der Waals surface area contributed by atoms with Crippen LogP contribution in [-0.2, 0) is 20.9 Å². The molecule has 0 saturated carbocycles. The molecule has 0 fully saturated rings. The third-order valence-electron chi connectivity index (χ3n) is 5.02. The van der Waals surface area contributed by atoms with E-state index in [1.807, 2.05) is 6.07 Å². The molecule has 172 valence electrons. The zero-order chi connectivity index (χ0) is 24.1. The van der Waals surface area contributed by atoms with Gasteiger partial charge in [0.05, 0.1) is 30.2 Å². The Balaban J connectivity index is 2.03. The van der Waals surface area contributed by atoms with E-state index >= 15 is 0 Å². The van der Waals surface area contributed by atoms with Gasteiger partial charge in [0, 0.05) is 5.56 Å². The van der Waals surface area contributed by atoms with E-state index in [1.165, 1.54) is 25.3 Å². The van der Waals surface area contributed by atoms with E-state index in [0.717, 1.165) is 0 Å². The van der Waals surface area contributed by atoms with Crippen molar-refractivity contribution in [2.75, 3.05) is 13.7 Å². The van der Waals surface area contributed by atoms with Crippen molar-refractivity contribution in [1.82, 2.24) is 0 Å². The summed E-state index contributed by atoms with van der Waals surface area (Å²) >= 11 is 6.10. The fourth-order valence-electron chi connectivity index (χ4n) is 3.47. The summed E-state index contributed by atoms with van der Waals surface area (Å²) in [6.45, 7) is 3.45. The number of hydrogen-bond donors (Lipinski definition) is 1. The molecule has 1 atom stereocenters. The molecule has 0 bridgehead atoms. The maximum absolute atomic E-state index is 13.3. The highest BCUT2D eigenvalue weighted by molar-refractivity contribution is 6.31. The Morgan fingerprint density at radius 2 is 2.03 bits per heavy atom. The Morgan fingerprint density at radius 1 is 1.27 bits per heavy atom. The van der Waals surface area contributed by atoms with Gasteiger partial charge >= 0.3 is 5.97 Å². The first-order valence-electron chi connectivity index (χ1n) is 10.0. The van der Waals surface area contributed by atoms with Crippen LogP contribution in [0.3, 0.4) is 0 Å². The molecule has 0 aromatic heterocycles. The molecule has 0 amide bonds. The first-order valence-corrected chi connectivity index (χ1v) is 10.4. The molecule has 9 heteroatoms. The van der Waals surface area contributed by atoms with E-state index in [1.54, 1.807) is 32.0 Å². The summed E-state index contributed by atoms with van der Waals surface area (Å²) in [5.74, 6) is -1.00. The Hall–Kier alpha value is -3.70. The molecule has 33 heavy (non-hydrogen) atoms. The van der Waals surface area contributed by atoms with Crippen LogP contribution >= 0.6 is 11.6 Å². The average Bonchev–Trinajstić information content (AvgIpc) is 2.78. The van der Waals surface area contributed by atoms with Crippen molar-refractivity contribution in [2.45, 2.75) is 26.4 Å². The predicted molar refractivity (Wildman–Crippen MR) is 119 cm³/mol. The topological polar surface area (TPSA) is 104 Å². The van der Waals surface area contributed by atoms with E-state index < -0.39 is 17.7 Å². The van der Waals surface area contributed by atoms with Gasteiger partial charge in [-0.25, -0.2) is 9.18 Å². The molecule has 2 aromatic carbocycles. The molecule has 2 aromatic rings. The average molecular weight is 473 g/mol. The highest BCUT2D eigenvalue weighted by atomic mass is 35.5. The lowest BCUT2D eigenvalue weighted by molar-refractivity contribution is -0.139. The molecule has 3 rings (SSSR count). The van der Waals surface area contributed by atoms with Gasteiger partial charge in [0.2, 0.25) is 5.88 Å². The Bertz CT molecular complexity index is 1190. The van der Waals surface area contributed by atoms with Crippen LogP contribution in [0.4, 0.5) is 4.39 Å². The van der Waals surface area contributed by atoms with E-state index in [2.05, 4.69) is 0 Å². The smallest absolute Gasteiger partial charge is 0.338 e. The van der Waals surface area contributed by atoms with Crippen LogP contribution in [0, 0.1) is 17.1 Å². The Morgan fingerprint density at radius 3 is 2.67 bits per heavy atom. The number of hydrogen-bond acceptors (Lipinski definition) is 7. The molecule has 1 heterocycles. The second-order valence-corrected chi connectivity index (χ2v) is 7.46. The van der Waals surface area contributed by atoms with Crippen molar-refractivity contribution >= 4 is 17.6 Å². The van der Waals surface area contributed by atoms with Crippen LogP contribution in [0.2, 0.25) is 5.02 Å². The number of allylic oxidation sites excluding steroid dienone is 2. The zero-order valence-corrected chi connectivity index (χ0v) is 19.0. The maximum atomic E-state index is 13.3. The third-order valence-corrected chi connectivity index (χ3v) is 5.37. The molecule has 0 spiro atoms. The highest BCUT2D eigenvalue weighted by Crippen LogP contribution is 2.42. The highest BCUT2D eigenvalue weighted by Gasteiger charge is 2.36. The molecule has 0 saturated heterocycles. The van der Waals surface area contributed by atoms with Crippen molar-refractivity contribution in [1.29, 1.82) is 5.26 Å². The lowest BCUT2D eigenvalue weighted by Crippen LogP contribution is -2.25. The largest absolute Gasteiger partial charge is 0.493 e. The van der Waals surface area contributed by atoms with Crippen LogP contribution in [-0.4, -0.2) is 19.7 Å². The normalized spacial score (nSPS) is 15.6. The van der Waals surface area contributed by atoms with Crippen LogP contribution in [0.5, 0.6) is 11.5 Å². The summed E-state index contributed by atoms with van der Waals surface area (Å²) in [5.41, 5.74) is 7.30. The van der Waals surface area contributed by atoms with Gasteiger partial charge < -0.3 is 24.7 Å². The van der Waals surface area contributed by atoms with Crippen molar-refractivity contribution in [3.63, 3.8) is 0 Å². The Labute approximate surface area is 195 Å². The fraction of sp³-hybridized carbons (Fsp3) is 0.250. The van der Waals surface area contributed by atoms with Crippen molar-refractivity contribution < 1.29 is 28.1 Å². The van der Waals surface area contributed by atoms with Gasteiger partial charge in [0.25, 0.3) is 0 Å². The standard InChI is InChI=1S/C24H22ClFN2O5/c1-4-31-24(29)21-13(2)33-23(28)17(11-27)22(21)14-6-8-19(30-3)20(9-14)32-12-15-5-7-16(26)10-18(15)25/h5-10,22H,4,12,28H2,1-3H3. The van der Waals surface area contributed by atoms with E-state index in [0.29, 0.717) is 22.6 Å². The van der Waals surface area contributed by atoms with E-state index in [9.17, 15) is 14.4 Å².